The van der Waals surface area contributed by atoms with Crippen molar-refractivity contribution in [2.75, 3.05) is 6.54 Å². The van der Waals surface area contributed by atoms with Gasteiger partial charge in [0.05, 0.1) is 6.42 Å². The van der Waals surface area contributed by atoms with Crippen molar-refractivity contribution in [3.05, 3.63) is 34.9 Å². The molecule has 0 radical (unpaired) electrons. The monoisotopic (exact) mass is 472 g/mol. The number of nitrogens with one attached hydrogen (secondary N) is 2. The largest absolute Gasteiger partial charge is 0.444 e. The first-order valence-corrected chi connectivity index (χ1v) is 11.2. The van der Waals surface area contributed by atoms with Crippen molar-refractivity contribution < 1.29 is 23.9 Å². The molecule has 1 aromatic carbocycles. The van der Waals surface area contributed by atoms with Gasteiger partial charge in [0.15, 0.2) is 0 Å². The van der Waals surface area contributed by atoms with E-state index in [9.17, 15) is 19.2 Å². The van der Waals surface area contributed by atoms with Gasteiger partial charge in [0.1, 0.15) is 17.7 Å². The lowest BCUT2D eigenvalue weighted by atomic mass is 9.96. The van der Waals surface area contributed by atoms with Gasteiger partial charge in [-0.25, -0.2) is 4.79 Å². The number of hydrogen-bond donors (Lipinski definition) is 3. The fourth-order valence-electron chi connectivity index (χ4n) is 3.30. The third-order valence-electron chi connectivity index (χ3n) is 4.83. The highest BCUT2D eigenvalue weighted by Crippen LogP contribution is 2.26. The SMILES string of the molecule is C#CN(C(=O)C(CC(N)=O)NC(=O)OC(C)(C)C)C(C(=O)NCCCC)c1ccc(C)cc1C. The molecule has 0 aliphatic rings. The Morgan fingerprint density at radius 3 is 2.35 bits per heavy atom. The average molecular weight is 473 g/mol. The Morgan fingerprint density at radius 1 is 1.21 bits per heavy atom. The second-order valence-corrected chi connectivity index (χ2v) is 9.11. The second-order valence-electron chi connectivity index (χ2n) is 9.11. The van der Waals surface area contributed by atoms with Gasteiger partial charge in [0.25, 0.3) is 5.91 Å². The highest BCUT2D eigenvalue weighted by atomic mass is 16.6. The smallest absolute Gasteiger partial charge is 0.408 e. The number of rotatable bonds is 10. The van der Waals surface area contributed by atoms with Gasteiger partial charge in [-0.05, 0) is 52.2 Å². The van der Waals surface area contributed by atoms with E-state index >= 15 is 0 Å². The summed E-state index contributed by atoms with van der Waals surface area (Å²) in [7, 11) is 0. The van der Waals surface area contributed by atoms with Gasteiger partial charge in [-0.2, -0.15) is 0 Å². The minimum atomic E-state index is -1.42. The summed E-state index contributed by atoms with van der Waals surface area (Å²) in [6.45, 7) is 11.1. The molecule has 0 aromatic heterocycles. The maximum Gasteiger partial charge on any atom is 0.408 e. The summed E-state index contributed by atoms with van der Waals surface area (Å²) >= 11 is 0. The first-order valence-electron chi connectivity index (χ1n) is 11.2. The molecule has 186 valence electrons. The number of hydrogen-bond acceptors (Lipinski definition) is 5. The van der Waals surface area contributed by atoms with Crippen LogP contribution in [0.5, 0.6) is 0 Å². The fourth-order valence-corrected chi connectivity index (χ4v) is 3.30. The van der Waals surface area contributed by atoms with E-state index in [1.807, 2.05) is 32.9 Å². The van der Waals surface area contributed by atoms with E-state index in [-0.39, 0.29) is 0 Å². The van der Waals surface area contributed by atoms with Crippen molar-refractivity contribution >= 4 is 23.8 Å². The molecular weight excluding hydrogens is 436 g/mol. The zero-order chi connectivity index (χ0) is 26.1. The molecule has 0 aliphatic carbocycles. The molecule has 0 bridgehead atoms. The Labute approximate surface area is 201 Å². The molecule has 9 nitrogen and oxygen atoms in total. The lowest BCUT2D eigenvalue weighted by Crippen LogP contribution is -2.52. The molecule has 0 heterocycles. The van der Waals surface area contributed by atoms with Crippen molar-refractivity contribution in [1.82, 2.24) is 15.5 Å². The standard InChI is InChI=1S/C25H36N4O5/c1-8-10-13-27-22(31)21(18-12-11-16(3)14-17(18)4)29(9-2)23(32)19(15-20(26)30)28-24(33)34-25(5,6)7/h2,11-12,14,19,21H,8,10,13,15H2,1,3-7H3,(H2,26,30)(H,27,31)(H,28,33). The number of aryl methyl sites for hydroxylation is 2. The summed E-state index contributed by atoms with van der Waals surface area (Å²) in [6, 6.07) is 5.10. The third kappa shape index (κ3) is 8.77. The van der Waals surface area contributed by atoms with Crippen LogP contribution in [0.1, 0.15) is 69.7 Å². The van der Waals surface area contributed by atoms with Crippen LogP contribution in [0.2, 0.25) is 0 Å². The molecule has 1 aromatic rings. The zero-order valence-corrected chi connectivity index (χ0v) is 20.9. The fraction of sp³-hybridized carbons (Fsp3) is 0.520. The highest BCUT2D eigenvalue weighted by Gasteiger charge is 2.37. The molecule has 2 unspecified atom stereocenters. The van der Waals surface area contributed by atoms with Crippen LogP contribution in [0.4, 0.5) is 4.79 Å². The molecule has 0 saturated heterocycles. The van der Waals surface area contributed by atoms with Crippen molar-refractivity contribution in [3.8, 4) is 12.5 Å². The van der Waals surface area contributed by atoms with Crippen molar-refractivity contribution in [1.29, 1.82) is 0 Å². The molecule has 0 fully saturated rings. The second kappa shape index (κ2) is 12.6. The summed E-state index contributed by atoms with van der Waals surface area (Å²) in [6.07, 6.45) is 5.88. The first kappa shape index (κ1) is 28.5. The van der Waals surface area contributed by atoms with Gasteiger partial charge in [-0.3, -0.25) is 19.3 Å². The minimum Gasteiger partial charge on any atom is -0.444 e. The molecule has 0 aliphatic heterocycles. The number of alkyl carbamates (subject to hydrolysis) is 1. The molecule has 4 amide bonds. The number of unbranched alkanes of at least 4 members (excludes halogenated alkanes) is 1. The van der Waals surface area contributed by atoms with Crippen LogP contribution in [0, 0.1) is 26.3 Å². The number of nitrogens with zero attached hydrogens (tertiary/aromatic N) is 1. The molecular formula is C25H36N4O5. The number of carbonyl (C=O) groups is 4. The average Bonchev–Trinajstić information content (AvgIpc) is 2.70. The first-order chi connectivity index (χ1) is 15.8. The van der Waals surface area contributed by atoms with Crippen LogP contribution in [0.15, 0.2) is 18.2 Å². The van der Waals surface area contributed by atoms with Gasteiger partial charge in [0.2, 0.25) is 11.8 Å². The van der Waals surface area contributed by atoms with Crippen LogP contribution in [0.25, 0.3) is 0 Å². The minimum absolute atomic E-state index is 0.407. The topological polar surface area (TPSA) is 131 Å². The molecule has 2 atom stereocenters. The van der Waals surface area contributed by atoms with Crippen LogP contribution in [-0.4, -0.2) is 46.9 Å². The normalized spacial score (nSPS) is 12.6. The molecule has 4 N–H and O–H groups in total. The summed E-state index contributed by atoms with van der Waals surface area (Å²) in [5.74, 6) is -2.13. The quantitative estimate of drug-likeness (QED) is 0.273. The number of benzene rings is 1. The van der Waals surface area contributed by atoms with E-state index < -0.39 is 47.9 Å². The predicted molar refractivity (Wildman–Crippen MR) is 129 cm³/mol. The van der Waals surface area contributed by atoms with Crippen molar-refractivity contribution in [2.24, 2.45) is 5.73 Å². The van der Waals surface area contributed by atoms with Gasteiger partial charge >= 0.3 is 6.09 Å². The molecule has 9 heteroatoms. The maximum atomic E-state index is 13.5. The van der Waals surface area contributed by atoms with Crippen LogP contribution in [0.3, 0.4) is 0 Å². The van der Waals surface area contributed by atoms with Crippen LogP contribution < -0.4 is 16.4 Å². The Bertz CT molecular complexity index is 946. The predicted octanol–water partition coefficient (Wildman–Crippen LogP) is 2.45. The number of nitrogens with two attached hydrogens (primary N) is 1. The summed E-state index contributed by atoms with van der Waals surface area (Å²) in [5.41, 5.74) is 6.74. The number of terminal acetylenes is 1. The van der Waals surface area contributed by atoms with Crippen LogP contribution >= 0.6 is 0 Å². The summed E-state index contributed by atoms with van der Waals surface area (Å²) in [5, 5.41) is 5.17. The molecule has 34 heavy (non-hydrogen) atoms. The van der Waals surface area contributed by atoms with Gasteiger partial charge in [-0.15, -0.1) is 0 Å². The Hall–Kier alpha value is -3.54. The lowest BCUT2D eigenvalue weighted by Gasteiger charge is -2.31. The summed E-state index contributed by atoms with van der Waals surface area (Å²) in [4.78, 5) is 51.5. The van der Waals surface area contributed by atoms with Crippen molar-refractivity contribution in [3.63, 3.8) is 0 Å². The van der Waals surface area contributed by atoms with E-state index in [0.717, 1.165) is 28.9 Å². The number of carbonyl (C=O) groups excluding carboxylic acids is 4. The molecule has 1 rings (SSSR count). The molecule has 0 spiro atoms. The number of ether oxygens (including phenoxy) is 1. The Kier molecular flexibility index (Phi) is 10.6. The lowest BCUT2D eigenvalue weighted by molar-refractivity contribution is -0.139. The van der Waals surface area contributed by atoms with Crippen LogP contribution in [-0.2, 0) is 19.1 Å². The van der Waals surface area contributed by atoms with E-state index in [1.54, 1.807) is 26.8 Å². The Morgan fingerprint density at radius 2 is 1.85 bits per heavy atom. The summed E-state index contributed by atoms with van der Waals surface area (Å²) < 4.78 is 5.20. The number of amides is 4. The van der Waals surface area contributed by atoms with Gasteiger partial charge in [-0.1, -0.05) is 43.5 Å². The van der Waals surface area contributed by atoms with Gasteiger partial charge in [0, 0.05) is 12.6 Å². The maximum absolute atomic E-state index is 13.5. The zero-order valence-electron chi connectivity index (χ0n) is 20.9. The number of primary amides is 1. The van der Waals surface area contributed by atoms with Gasteiger partial charge < -0.3 is 21.1 Å². The van der Waals surface area contributed by atoms with E-state index in [4.69, 9.17) is 16.9 Å². The van der Waals surface area contributed by atoms with E-state index in [2.05, 4.69) is 16.7 Å². The highest BCUT2D eigenvalue weighted by molar-refractivity contribution is 5.95. The van der Waals surface area contributed by atoms with E-state index in [1.165, 1.54) is 0 Å². The molecule has 0 saturated carbocycles. The Balaban J connectivity index is 3.40. The van der Waals surface area contributed by atoms with Crippen molar-refractivity contribution in [2.45, 2.75) is 78.5 Å². The third-order valence-corrected chi connectivity index (χ3v) is 4.83. The van der Waals surface area contributed by atoms with E-state index in [0.29, 0.717) is 12.1 Å².